The molecule has 182 valence electrons. The van der Waals surface area contributed by atoms with E-state index in [0.717, 1.165) is 36.5 Å². The molecule has 0 atom stereocenters. The Balaban J connectivity index is 1.82. The first-order valence-corrected chi connectivity index (χ1v) is 10.1. The molecule has 0 aliphatic rings. The summed E-state index contributed by atoms with van der Waals surface area (Å²) in [5.41, 5.74) is 3.13. The van der Waals surface area contributed by atoms with Crippen LogP contribution < -0.4 is 21.9 Å². The molecule has 2 aromatic carbocycles. The van der Waals surface area contributed by atoms with Crippen molar-refractivity contribution < 1.29 is 26.3 Å². The fraction of sp³-hybridized carbons (Fsp3) is 0.273. The monoisotopic (exact) mass is 485 g/mol. The third kappa shape index (κ3) is 6.35. The van der Waals surface area contributed by atoms with E-state index >= 15 is 0 Å². The second-order valence-electron chi connectivity index (χ2n) is 7.36. The van der Waals surface area contributed by atoms with Gasteiger partial charge in [0, 0.05) is 18.4 Å². The molecule has 3 aromatic rings. The van der Waals surface area contributed by atoms with Gasteiger partial charge in [0.15, 0.2) is 0 Å². The van der Waals surface area contributed by atoms with Gasteiger partial charge in [-0.2, -0.15) is 26.3 Å². The molecule has 0 radical (unpaired) electrons. The standard InChI is InChI=1S/C22H21F6N5O/c23-21(24,25)15-4-6-16(7-5-15)32-20-31-12-17(19(34)33-20)13-2-3-14(11-30-9-1-8-29)18(10-13)22(26,27)28/h2-7,10,12,30H,1,8-9,11,29H2,(H2,31,32,33,34). The molecule has 1 aromatic heterocycles. The molecule has 0 amide bonds. The Morgan fingerprint density at radius 2 is 1.68 bits per heavy atom. The van der Waals surface area contributed by atoms with Crippen molar-refractivity contribution in [2.24, 2.45) is 5.73 Å². The van der Waals surface area contributed by atoms with Crippen LogP contribution in [0.15, 0.2) is 53.5 Å². The molecule has 1 heterocycles. The van der Waals surface area contributed by atoms with Crippen molar-refractivity contribution >= 4 is 11.6 Å². The Kier molecular flexibility index (Phi) is 7.62. The molecule has 34 heavy (non-hydrogen) atoms. The van der Waals surface area contributed by atoms with Crippen LogP contribution in [0.3, 0.4) is 0 Å². The lowest BCUT2D eigenvalue weighted by atomic mass is 10.00. The van der Waals surface area contributed by atoms with Crippen LogP contribution in [0.5, 0.6) is 0 Å². The van der Waals surface area contributed by atoms with Crippen molar-refractivity contribution in [3.05, 3.63) is 75.7 Å². The number of nitrogens with one attached hydrogen (secondary N) is 3. The van der Waals surface area contributed by atoms with E-state index in [1.54, 1.807) is 0 Å². The van der Waals surface area contributed by atoms with Gasteiger partial charge in [-0.1, -0.05) is 12.1 Å². The van der Waals surface area contributed by atoms with Crippen LogP contribution in [0.25, 0.3) is 11.1 Å². The Hall–Kier alpha value is -3.38. The van der Waals surface area contributed by atoms with Crippen molar-refractivity contribution in [2.45, 2.75) is 25.3 Å². The Morgan fingerprint density at radius 1 is 0.971 bits per heavy atom. The fourth-order valence-electron chi connectivity index (χ4n) is 3.16. The van der Waals surface area contributed by atoms with Crippen molar-refractivity contribution in [3.8, 4) is 11.1 Å². The molecule has 3 rings (SSSR count). The van der Waals surface area contributed by atoms with E-state index in [1.807, 2.05) is 0 Å². The third-order valence-corrected chi connectivity index (χ3v) is 4.87. The van der Waals surface area contributed by atoms with Gasteiger partial charge in [-0.3, -0.25) is 9.78 Å². The van der Waals surface area contributed by atoms with Gasteiger partial charge < -0.3 is 16.4 Å². The van der Waals surface area contributed by atoms with Crippen LogP contribution in [-0.4, -0.2) is 23.1 Å². The van der Waals surface area contributed by atoms with Gasteiger partial charge in [0.25, 0.3) is 5.56 Å². The van der Waals surface area contributed by atoms with Crippen molar-refractivity contribution in [3.63, 3.8) is 0 Å². The van der Waals surface area contributed by atoms with E-state index in [9.17, 15) is 31.1 Å². The minimum absolute atomic E-state index is 0.0142. The Bertz CT molecular complexity index is 1170. The number of anilines is 2. The van der Waals surface area contributed by atoms with Crippen LogP contribution >= 0.6 is 0 Å². The average Bonchev–Trinajstić information content (AvgIpc) is 2.76. The maximum absolute atomic E-state index is 13.6. The summed E-state index contributed by atoms with van der Waals surface area (Å²) in [6.45, 7) is 0.865. The topological polar surface area (TPSA) is 95.8 Å². The molecular formula is C22H21F6N5O. The third-order valence-electron chi connectivity index (χ3n) is 4.87. The highest BCUT2D eigenvalue weighted by Crippen LogP contribution is 2.34. The molecule has 5 N–H and O–H groups in total. The maximum atomic E-state index is 13.6. The number of H-pyrrole nitrogens is 1. The molecule has 0 spiro atoms. The zero-order valence-electron chi connectivity index (χ0n) is 17.6. The van der Waals surface area contributed by atoms with E-state index in [0.29, 0.717) is 19.5 Å². The van der Waals surface area contributed by atoms with Crippen LogP contribution in [0.4, 0.5) is 38.0 Å². The summed E-state index contributed by atoms with van der Waals surface area (Å²) in [5, 5.41) is 5.55. The molecule has 0 bridgehead atoms. The largest absolute Gasteiger partial charge is 0.416 e. The van der Waals surface area contributed by atoms with E-state index in [1.165, 1.54) is 12.1 Å². The average molecular weight is 485 g/mol. The quantitative estimate of drug-likeness (QED) is 0.275. The van der Waals surface area contributed by atoms with Crippen LogP contribution in [0.2, 0.25) is 0 Å². The van der Waals surface area contributed by atoms with Gasteiger partial charge in [0.05, 0.1) is 16.7 Å². The minimum Gasteiger partial charge on any atom is -0.330 e. The van der Waals surface area contributed by atoms with Crippen LogP contribution in [0.1, 0.15) is 23.1 Å². The Morgan fingerprint density at radius 3 is 2.26 bits per heavy atom. The number of hydrogen-bond acceptors (Lipinski definition) is 5. The van der Waals surface area contributed by atoms with Crippen molar-refractivity contribution in [1.82, 2.24) is 15.3 Å². The molecule has 0 unspecified atom stereocenters. The number of halogens is 6. The summed E-state index contributed by atoms with van der Waals surface area (Å²) in [4.78, 5) is 18.9. The maximum Gasteiger partial charge on any atom is 0.416 e. The summed E-state index contributed by atoms with van der Waals surface area (Å²) < 4.78 is 78.8. The molecule has 0 aliphatic heterocycles. The van der Waals surface area contributed by atoms with Crippen molar-refractivity contribution in [1.29, 1.82) is 0 Å². The number of aromatic nitrogens is 2. The summed E-state index contributed by atoms with van der Waals surface area (Å²) in [6.07, 6.45) is -7.41. The molecule has 0 aliphatic carbocycles. The number of hydrogen-bond donors (Lipinski definition) is 4. The summed E-state index contributed by atoms with van der Waals surface area (Å²) >= 11 is 0. The van der Waals surface area contributed by atoms with Crippen LogP contribution in [-0.2, 0) is 18.9 Å². The van der Waals surface area contributed by atoms with Crippen LogP contribution in [0, 0.1) is 0 Å². The highest BCUT2D eigenvalue weighted by molar-refractivity contribution is 5.65. The van der Waals surface area contributed by atoms with Gasteiger partial charge in [0.1, 0.15) is 0 Å². The summed E-state index contributed by atoms with van der Waals surface area (Å²) in [7, 11) is 0. The molecule has 6 nitrogen and oxygen atoms in total. The van der Waals surface area contributed by atoms with E-state index in [2.05, 4.69) is 20.6 Å². The van der Waals surface area contributed by atoms with Gasteiger partial charge in [-0.15, -0.1) is 0 Å². The predicted octanol–water partition coefficient (Wildman–Crippen LogP) is 4.66. The van der Waals surface area contributed by atoms with E-state index in [-0.39, 0.29) is 34.9 Å². The number of nitrogens with two attached hydrogens (primary N) is 1. The molecule has 0 saturated heterocycles. The van der Waals surface area contributed by atoms with Gasteiger partial charge in [-0.25, -0.2) is 4.98 Å². The number of rotatable bonds is 8. The van der Waals surface area contributed by atoms with Gasteiger partial charge in [0.2, 0.25) is 5.95 Å². The predicted molar refractivity (Wildman–Crippen MR) is 115 cm³/mol. The lowest BCUT2D eigenvalue weighted by Gasteiger charge is -2.15. The highest BCUT2D eigenvalue weighted by atomic mass is 19.4. The summed E-state index contributed by atoms with van der Waals surface area (Å²) in [5.74, 6) is -0.0784. The Labute approximate surface area is 190 Å². The molecule has 0 fully saturated rings. The lowest BCUT2D eigenvalue weighted by molar-refractivity contribution is -0.138. The normalized spacial score (nSPS) is 12.1. The van der Waals surface area contributed by atoms with Gasteiger partial charge >= 0.3 is 12.4 Å². The smallest absolute Gasteiger partial charge is 0.330 e. The highest BCUT2D eigenvalue weighted by Gasteiger charge is 2.33. The first-order chi connectivity index (χ1) is 16.0. The first-order valence-electron chi connectivity index (χ1n) is 10.1. The second kappa shape index (κ2) is 10.3. The van der Waals surface area contributed by atoms with Crippen molar-refractivity contribution in [2.75, 3.05) is 18.4 Å². The number of nitrogens with zero attached hydrogens (tertiary/aromatic N) is 1. The fourth-order valence-corrected chi connectivity index (χ4v) is 3.16. The number of aromatic amines is 1. The molecule has 0 saturated carbocycles. The minimum atomic E-state index is -4.63. The summed E-state index contributed by atoms with van der Waals surface area (Å²) in [6, 6.07) is 7.61. The molecular weight excluding hydrogens is 464 g/mol. The van der Waals surface area contributed by atoms with E-state index in [4.69, 9.17) is 5.73 Å². The van der Waals surface area contributed by atoms with E-state index < -0.39 is 29.0 Å². The lowest BCUT2D eigenvalue weighted by Crippen LogP contribution is -2.20. The molecule has 12 heteroatoms. The zero-order chi connectivity index (χ0) is 24.9. The number of benzene rings is 2. The zero-order valence-corrected chi connectivity index (χ0v) is 17.6. The first kappa shape index (κ1) is 25.2. The number of alkyl halides is 6. The van der Waals surface area contributed by atoms with Gasteiger partial charge in [-0.05, 0) is 61.0 Å². The SMILES string of the molecule is NCCCNCc1ccc(-c2cnc(Nc3ccc(C(F)(F)F)cc3)[nH]c2=O)cc1C(F)(F)F. The second-order valence-corrected chi connectivity index (χ2v) is 7.36.